The molecule has 0 aliphatic heterocycles. The molecule has 1 aliphatic rings. The largest absolute Gasteiger partial charge is 0.349 e. The number of halogens is 1. The van der Waals surface area contributed by atoms with Crippen LogP contribution >= 0.6 is 11.6 Å². The lowest BCUT2D eigenvalue weighted by atomic mass is 10.1. The van der Waals surface area contributed by atoms with Crippen LogP contribution in [-0.2, 0) is 9.59 Å². The van der Waals surface area contributed by atoms with Gasteiger partial charge in [0.25, 0.3) is 0 Å². The summed E-state index contributed by atoms with van der Waals surface area (Å²) in [6.07, 6.45) is 0.583. The fraction of sp³-hybridized carbons (Fsp3) is 0.263. The zero-order valence-corrected chi connectivity index (χ0v) is 14.1. The van der Waals surface area contributed by atoms with Gasteiger partial charge in [-0.2, -0.15) is 0 Å². The first-order valence-corrected chi connectivity index (χ1v) is 8.34. The minimum absolute atomic E-state index is 0.0717. The predicted molar refractivity (Wildman–Crippen MR) is 94.7 cm³/mol. The van der Waals surface area contributed by atoms with E-state index in [-0.39, 0.29) is 29.7 Å². The van der Waals surface area contributed by atoms with Crippen molar-refractivity contribution in [2.75, 3.05) is 5.32 Å². The zero-order chi connectivity index (χ0) is 17.1. The molecule has 2 aromatic rings. The van der Waals surface area contributed by atoms with Crippen molar-refractivity contribution < 1.29 is 9.59 Å². The number of anilines is 1. The van der Waals surface area contributed by atoms with E-state index in [4.69, 9.17) is 11.6 Å². The summed E-state index contributed by atoms with van der Waals surface area (Å²) >= 11 is 5.90. The molecule has 2 amide bonds. The van der Waals surface area contributed by atoms with Crippen LogP contribution in [0.3, 0.4) is 0 Å². The lowest BCUT2D eigenvalue weighted by molar-refractivity contribution is -0.125. The fourth-order valence-corrected chi connectivity index (χ4v) is 2.91. The third kappa shape index (κ3) is 3.95. The molecule has 0 spiro atoms. The number of amides is 2. The lowest BCUT2D eigenvalue weighted by Gasteiger charge is -2.14. The summed E-state index contributed by atoms with van der Waals surface area (Å²) in [6.45, 7) is 1.94. The molecule has 3 rings (SSSR count). The van der Waals surface area contributed by atoms with Gasteiger partial charge in [-0.05, 0) is 37.1 Å². The SMILES string of the molecule is CC(NC(=O)C1CC1C(=O)Nc1cccc(Cl)c1)c1ccccc1. The van der Waals surface area contributed by atoms with E-state index in [1.807, 2.05) is 37.3 Å². The second kappa shape index (κ2) is 7.05. The summed E-state index contributed by atoms with van der Waals surface area (Å²) in [7, 11) is 0. The molecule has 0 radical (unpaired) electrons. The van der Waals surface area contributed by atoms with Crippen LogP contribution in [0.1, 0.15) is 24.9 Å². The maximum Gasteiger partial charge on any atom is 0.228 e. The number of carbonyl (C=O) groups excluding carboxylic acids is 2. The van der Waals surface area contributed by atoms with E-state index in [1.54, 1.807) is 24.3 Å². The summed E-state index contributed by atoms with van der Waals surface area (Å²) in [4.78, 5) is 24.5. The van der Waals surface area contributed by atoms with Crippen molar-refractivity contribution in [1.29, 1.82) is 0 Å². The standard InChI is InChI=1S/C19H19ClN2O2/c1-12(13-6-3-2-4-7-13)21-18(23)16-11-17(16)19(24)22-15-9-5-8-14(20)10-15/h2-10,12,16-17H,11H2,1H3,(H,21,23)(H,22,24). The summed E-state index contributed by atoms with van der Waals surface area (Å²) in [5.41, 5.74) is 1.70. The first-order chi connectivity index (χ1) is 11.5. The summed E-state index contributed by atoms with van der Waals surface area (Å²) in [5.74, 6) is -0.732. The monoisotopic (exact) mass is 342 g/mol. The Kier molecular flexibility index (Phi) is 4.86. The number of hydrogen-bond donors (Lipinski definition) is 2. The van der Waals surface area contributed by atoms with Crippen LogP contribution in [0.5, 0.6) is 0 Å². The molecule has 24 heavy (non-hydrogen) atoms. The van der Waals surface area contributed by atoms with Crippen molar-refractivity contribution >= 4 is 29.1 Å². The highest BCUT2D eigenvalue weighted by Gasteiger charge is 2.48. The highest BCUT2D eigenvalue weighted by molar-refractivity contribution is 6.30. The van der Waals surface area contributed by atoms with Crippen LogP contribution in [0.25, 0.3) is 0 Å². The van der Waals surface area contributed by atoms with Gasteiger partial charge in [-0.3, -0.25) is 9.59 Å². The molecule has 0 bridgehead atoms. The summed E-state index contributed by atoms with van der Waals surface area (Å²) in [5, 5.41) is 6.35. The minimum atomic E-state index is -0.271. The number of nitrogens with one attached hydrogen (secondary N) is 2. The van der Waals surface area contributed by atoms with Crippen LogP contribution in [-0.4, -0.2) is 11.8 Å². The molecule has 3 unspecified atom stereocenters. The van der Waals surface area contributed by atoms with Crippen molar-refractivity contribution in [3.63, 3.8) is 0 Å². The molecule has 2 aromatic carbocycles. The Morgan fingerprint density at radius 3 is 2.46 bits per heavy atom. The van der Waals surface area contributed by atoms with Crippen molar-refractivity contribution in [2.24, 2.45) is 11.8 Å². The van der Waals surface area contributed by atoms with Crippen LogP contribution in [0.2, 0.25) is 5.02 Å². The van der Waals surface area contributed by atoms with Gasteiger partial charge in [-0.15, -0.1) is 0 Å². The average molecular weight is 343 g/mol. The molecule has 4 nitrogen and oxygen atoms in total. The van der Waals surface area contributed by atoms with E-state index in [1.165, 1.54) is 0 Å². The Hall–Kier alpha value is -2.33. The van der Waals surface area contributed by atoms with Gasteiger partial charge in [0.2, 0.25) is 11.8 Å². The highest BCUT2D eigenvalue weighted by Crippen LogP contribution is 2.40. The quantitative estimate of drug-likeness (QED) is 0.868. The van der Waals surface area contributed by atoms with Gasteiger partial charge in [0, 0.05) is 10.7 Å². The molecule has 3 atom stereocenters. The van der Waals surface area contributed by atoms with Gasteiger partial charge in [-0.25, -0.2) is 0 Å². The van der Waals surface area contributed by atoms with Crippen LogP contribution in [0.15, 0.2) is 54.6 Å². The van der Waals surface area contributed by atoms with Crippen LogP contribution < -0.4 is 10.6 Å². The third-order valence-electron chi connectivity index (χ3n) is 4.21. The Labute approximate surface area is 146 Å². The predicted octanol–water partition coefficient (Wildman–Crippen LogP) is 3.79. The molecule has 5 heteroatoms. The van der Waals surface area contributed by atoms with E-state index >= 15 is 0 Å². The second-order valence-corrected chi connectivity index (χ2v) is 6.53. The van der Waals surface area contributed by atoms with Gasteiger partial charge in [-0.1, -0.05) is 48.0 Å². The number of benzene rings is 2. The molecule has 1 saturated carbocycles. The number of carbonyl (C=O) groups is 2. The Morgan fingerprint density at radius 1 is 1.04 bits per heavy atom. The Morgan fingerprint density at radius 2 is 1.75 bits per heavy atom. The van der Waals surface area contributed by atoms with E-state index in [9.17, 15) is 9.59 Å². The van der Waals surface area contributed by atoms with Crippen LogP contribution in [0.4, 0.5) is 5.69 Å². The van der Waals surface area contributed by atoms with E-state index < -0.39 is 0 Å². The lowest BCUT2D eigenvalue weighted by Crippen LogP contribution is -2.29. The molecule has 0 saturated heterocycles. The van der Waals surface area contributed by atoms with Gasteiger partial charge >= 0.3 is 0 Å². The highest BCUT2D eigenvalue weighted by atomic mass is 35.5. The van der Waals surface area contributed by atoms with Crippen LogP contribution in [0, 0.1) is 11.8 Å². The van der Waals surface area contributed by atoms with E-state index in [0.29, 0.717) is 17.1 Å². The van der Waals surface area contributed by atoms with Crippen molar-refractivity contribution in [3.05, 3.63) is 65.2 Å². The van der Waals surface area contributed by atoms with E-state index in [0.717, 1.165) is 5.56 Å². The molecule has 1 fully saturated rings. The first kappa shape index (κ1) is 16.5. The van der Waals surface area contributed by atoms with Crippen molar-refractivity contribution in [3.8, 4) is 0 Å². The summed E-state index contributed by atoms with van der Waals surface area (Å²) in [6, 6.07) is 16.7. The zero-order valence-electron chi connectivity index (χ0n) is 13.3. The van der Waals surface area contributed by atoms with E-state index in [2.05, 4.69) is 10.6 Å². The number of rotatable bonds is 5. The Bertz CT molecular complexity index is 748. The van der Waals surface area contributed by atoms with Gasteiger partial charge in [0.1, 0.15) is 0 Å². The maximum absolute atomic E-state index is 12.3. The molecule has 0 heterocycles. The smallest absolute Gasteiger partial charge is 0.228 e. The topological polar surface area (TPSA) is 58.2 Å². The van der Waals surface area contributed by atoms with Gasteiger partial charge in [0.15, 0.2) is 0 Å². The second-order valence-electron chi connectivity index (χ2n) is 6.09. The third-order valence-corrected chi connectivity index (χ3v) is 4.45. The molecular weight excluding hydrogens is 324 g/mol. The Balaban J connectivity index is 1.53. The maximum atomic E-state index is 12.3. The van der Waals surface area contributed by atoms with Crippen molar-refractivity contribution in [2.45, 2.75) is 19.4 Å². The fourth-order valence-electron chi connectivity index (χ4n) is 2.72. The molecular formula is C19H19ClN2O2. The average Bonchev–Trinajstić information content (AvgIpc) is 3.36. The normalized spacial score (nSPS) is 20.1. The van der Waals surface area contributed by atoms with Gasteiger partial charge < -0.3 is 10.6 Å². The first-order valence-electron chi connectivity index (χ1n) is 7.96. The van der Waals surface area contributed by atoms with Crippen molar-refractivity contribution in [1.82, 2.24) is 5.32 Å². The molecule has 124 valence electrons. The number of hydrogen-bond acceptors (Lipinski definition) is 2. The minimum Gasteiger partial charge on any atom is -0.349 e. The van der Waals surface area contributed by atoms with Gasteiger partial charge in [0.05, 0.1) is 17.9 Å². The molecule has 2 N–H and O–H groups in total. The molecule has 0 aromatic heterocycles. The molecule has 1 aliphatic carbocycles. The summed E-state index contributed by atoms with van der Waals surface area (Å²) < 4.78 is 0.